The van der Waals surface area contributed by atoms with Gasteiger partial charge in [0.1, 0.15) is 5.82 Å². The number of halogens is 1. The first-order valence-corrected chi connectivity index (χ1v) is 7.91. The van der Waals surface area contributed by atoms with E-state index in [1.165, 1.54) is 5.56 Å². The van der Waals surface area contributed by atoms with E-state index in [4.69, 9.17) is 17.3 Å². The molecule has 1 aromatic carbocycles. The number of piperazine rings is 1. The van der Waals surface area contributed by atoms with Gasteiger partial charge in [-0.05, 0) is 49.7 Å². The second-order valence-electron chi connectivity index (χ2n) is 5.83. The van der Waals surface area contributed by atoms with Crippen molar-refractivity contribution < 1.29 is 0 Å². The maximum Gasteiger partial charge on any atom is 0.129 e. The molecule has 2 heterocycles. The minimum Gasteiger partial charge on any atom is -0.399 e. The summed E-state index contributed by atoms with van der Waals surface area (Å²) in [5.41, 5.74) is 9.85. The molecule has 1 aliphatic rings. The zero-order valence-electron chi connectivity index (χ0n) is 13.0. The molecule has 0 aliphatic carbocycles. The third-order valence-corrected chi connectivity index (χ3v) is 4.30. The number of nitrogens with two attached hydrogens (primary N) is 1. The van der Waals surface area contributed by atoms with Gasteiger partial charge in [0.2, 0.25) is 0 Å². The van der Waals surface area contributed by atoms with Crippen molar-refractivity contribution in [3.63, 3.8) is 0 Å². The highest BCUT2D eigenvalue weighted by molar-refractivity contribution is 6.33. The van der Waals surface area contributed by atoms with E-state index in [1.54, 1.807) is 0 Å². The van der Waals surface area contributed by atoms with Crippen LogP contribution in [0.4, 0.5) is 17.2 Å². The Morgan fingerprint density at radius 3 is 2.32 bits per heavy atom. The summed E-state index contributed by atoms with van der Waals surface area (Å²) in [6.45, 7) is 7.90. The molecule has 22 heavy (non-hydrogen) atoms. The summed E-state index contributed by atoms with van der Waals surface area (Å²) in [5.74, 6) is 1.07. The SMILES string of the molecule is Cc1cc(C)nc(N2CCN(c3ccc(N)cc3Cl)CC2)c1. The van der Waals surface area contributed by atoms with Crippen molar-refractivity contribution in [3.8, 4) is 0 Å². The number of nitrogens with zero attached hydrogens (tertiary/aromatic N) is 3. The number of hydrogen-bond acceptors (Lipinski definition) is 4. The van der Waals surface area contributed by atoms with Gasteiger partial charge in [-0.3, -0.25) is 0 Å². The van der Waals surface area contributed by atoms with Gasteiger partial charge in [0, 0.05) is 37.6 Å². The van der Waals surface area contributed by atoms with Crippen LogP contribution in [0.5, 0.6) is 0 Å². The molecule has 1 aromatic heterocycles. The number of aryl methyl sites for hydroxylation is 2. The van der Waals surface area contributed by atoms with Crippen LogP contribution in [0, 0.1) is 13.8 Å². The topological polar surface area (TPSA) is 45.4 Å². The van der Waals surface area contributed by atoms with Gasteiger partial charge in [0.15, 0.2) is 0 Å². The van der Waals surface area contributed by atoms with Gasteiger partial charge in [-0.1, -0.05) is 11.6 Å². The lowest BCUT2D eigenvalue weighted by Gasteiger charge is -2.37. The van der Waals surface area contributed by atoms with Crippen LogP contribution in [0.15, 0.2) is 30.3 Å². The van der Waals surface area contributed by atoms with Crippen LogP contribution >= 0.6 is 11.6 Å². The third-order valence-electron chi connectivity index (χ3n) is 4.00. The van der Waals surface area contributed by atoms with E-state index < -0.39 is 0 Å². The average Bonchev–Trinajstić information content (AvgIpc) is 2.46. The first-order chi connectivity index (χ1) is 10.5. The van der Waals surface area contributed by atoms with Gasteiger partial charge in [0.05, 0.1) is 10.7 Å². The number of benzene rings is 1. The van der Waals surface area contributed by atoms with Gasteiger partial charge in [0.25, 0.3) is 0 Å². The highest BCUT2D eigenvalue weighted by atomic mass is 35.5. The first kappa shape index (κ1) is 15.0. The molecule has 0 atom stereocenters. The maximum absolute atomic E-state index is 6.31. The fourth-order valence-electron chi connectivity index (χ4n) is 2.94. The first-order valence-electron chi connectivity index (χ1n) is 7.53. The smallest absolute Gasteiger partial charge is 0.129 e. The van der Waals surface area contributed by atoms with Crippen molar-refractivity contribution in [2.24, 2.45) is 0 Å². The van der Waals surface area contributed by atoms with Gasteiger partial charge in [-0.15, -0.1) is 0 Å². The molecule has 3 rings (SSSR count). The molecule has 2 aromatic rings. The summed E-state index contributed by atoms with van der Waals surface area (Å²) < 4.78 is 0. The predicted molar refractivity (Wildman–Crippen MR) is 94.0 cm³/mol. The van der Waals surface area contributed by atoms with Crippen LogP contribution in [-0.2, 0) is 0 Å². The Hall–Kier alpha value is -1.94. The Balaban J connectivity index is 1.72. The third kappa shape index (κ3) is 3.12. The minimum absolute atomic E-state index is 0.701. The number of rotatable bonds is 2. The number of aromatic nitrogens is 1. The van der Waals surface area contributed by atoms with Crippen LogP contribution in [0.2, 0.25) is 5.02 Å². The van der Waals surface area contributed by atoms with Crippen molar-refractivity contribution in [1.82, 2.24) is 4.98 Å². The summed E-state index contributed by atoms with van der Waals surface area (Å²) in [4.78, 5) is 9.29. The summed E-state index contributed by atoms with van der Waals surface area (Å²) in [6.07, 6.45) is 0. The molecule has 116 valence electrons. The van der Waals surface area contributed by atoms with Crippen LogP contribution < -0.4 is 15.5 Å². The molecule has 2 N–H and O–H groups in total. The molecule has 5 heteroatoms. The van der Waals surface area contributed by atoms with Crippen molar-refractivity contribution in [2.75, 3.05) is 41.7 Å². The fourth-order valence-corrected chi connectivity index (χ4v) is 3.25. The van der Waals surface area contributed by atoms with Gasteiger partial charge >= 0.3 is 0 Å². The van der Waals surface area contributed by atoms with Crippen molar-refractivity contribution in [1.29, 1.82) is 0 Å². The lowest BCUT2D eigenvalue weighted by Crippen LogP contribution is -2.47. The predicted octanol–water partition coefficient (Wildman–Crippen LogP) is 3.26. The second kappa shape index (κ2) is 6.05. The standard InChI is InChI=1S/C17H21ClN4/c1-12-9-13(2)20-17(10-12)22-7-5-21(6-8-22)16-4-3-14(19)11-15(16)18/h3-4,9-11H,5-8,19H2,1-2H3. The molecular weight excluding hydrogens is 296 g/mol. The molecule has 4 nitrogen and oxygen atoms in total. The van der Waals surface area contributed by atoms with Gasteiger partial charge < -0.3 is 15.5 Å². The van der Waals surface area contributed by atoms with Crippen LogP contribution in [-0.4, -0.2) is 31.2 Å². The Morgan fingerprint density at radius 1 is 1.00 bits per heavy atom. The second-order valence-corrected chi connectivity index (χ2v) is 6.24. The molecular formula is C17H21ClN4. The number of nitrogen functional groups attached to an aromatic ring is 1. The molecule has 0 saturated carbocycles. The highest BCUT2D eigenvalue weighted by Crippen LogP contribution is 2.29. The summed E-state index contributed by atoms with van der Waals surface area (Å²) >= 11 is 6.31. The lowest BCUT2D eigenvalue weighted by atomic mass is 10.2. The average molecular weight is 317 g/mol. The van der Waals surface area contributed by atoms with Gasteiger partial charge in [-0.2, -0.15) is 0 Å². The molecule has 0 amide bonds. The van der Waals surface area contributed by atoms with E-state index in [2.05, 4.69) is 33.8 Å². The Labute approximate surface area is 136 Å². The van der Waals surface area contributed by atoms with Crippen LogP contribution in [0.25, 0.3) is 0 Å². The number of hydrogen-bond donors (Lipinski definition) is 1. The van der Waals surface area contributed by atoms with Crippen molar-refractivity contribution >= 4 is 28.8 Å². The van der Waals surface area contributed by atoms with E-state index in [0.29, 0.717) is 5.69 Å². The Kier molecular flexibility index (Phi) is 4.12. The normalized spacial score (nSPS) is 15.2. The van der Waals surface area contributed by atoms with E-state index in [-0.39, 0.29) is 0 Å². The largest absolute Gasteiger partial charge is 0.399 e. The van der Waals surface area contributed by atoms with E-state index in [1.807, 2.05) is 25.1 Å². The molecule has 1 fully saturated rings. The minimum atomic E-state index is 0.701. The Morgan fingerprint density at radius 2 is 1.68 bits per heavy atom. The zero-order valence-corrected chi connectivity index (χ0v) is 13.8. The fraction of sp³-hybridized carbons (Fsp3) is 0.353. The molecule has 1 saturated heterocycles. The lowest BCUT2D eigenvalue weighted by molar-refractivity contribution is 0.646. The molecule has 0 unspecified atom stereocenters. The monoisotopic (exact) mass is 316 g/mol. The summed E-state index contributed by atoms with van der Waals surface area (Å²) in [6, 6.07) is 9.98. The molecule has 0 bridgehead atoms. The number of anilines is 3. The zero-order chi connectivity index (χ0) is 15.7. The highest BCUT2D eigenvalue weighted by Gasteiger charge is 2.20. The molecule has 1 aliphatic heterocycles. The summed E-state index contributed by atoms with van der Waals surface area (Å²) in [7, 11) is 0. The maximum atomic E-state index is 6.31. The number of pyridine rings is 1. The van der Waals surface area contributed by atoms with Crippen LogP contribution in [0.3, 0.4) is 0 Å². The molecule has 0 spiro atoms. The Bertz CT molecular complexity index is 658. The molecule has 0 radical (unpaired) electrons. The van der Waals surface area contributed by atoms with E-state index in [9.17, 15) is 0 Å². The summed E-state index contributed by atoms with van der Waals surface area (Å²) in [5, 5.41) is 0.720. The van der Waals surface area contributed by atoms with E-state index in [0.717, 1.165) is 48.4 Å². The van der Waals surface area contributed by atoms with E-state index >= 15 is 0 Å². The van der Waals surface area contributed by atoms with Crippen molar-refractivity contribution in [2.45, 2.75) is 13.8 Å². The quantitative estimate of drug-likeness (QED) is 0.864. The van der Waals surface area contributed by atoms with Crippen molar-refractivity contribution in [3.05, 3.63) is 46.6 Å². The van der Waals surface area contributed by atoms with Gasteiger partial charge in [-0.25, -0.2) is 4.98 Å². The van der Waals surface area contributed by atoms with Crippen LogP contribution in [0.1, 0.15) is 11.3 Å².